The molecule has 6 nitrogen and oxygen atoms in total. The molecule has 1 heterocycles. The third-order valence-electron chi connectivity index (χ3n) is 4.12. The number of carbonyl (C=O) groups is 1. The van der Waals surface area contributed by atoms with Gasteiger partial charge < -0.3 is 5.32 Å². The van der Waals surface area contributed by atoms with E-state index in [1.807, 2.05) is 0 Å². The van der Waals surface area contributed by atoms with Gasteiger partial charge in [0.05, 0.1) is 22.7 Å². The van der Waals surface area contributed by atoms with E-state index in [1.165, 1.54) is 24.6 Å². The monoisotopic (exact) mass is 473 g/mol. The van der Waals surface area contributed by atoms with Crippen LogP contribution in [0.3, 0.4) is 0 Å². The van der Waals surface area contributed by atoms with Gasteiger partial charge in [0.1, 0.15) is 5.82 Å². The lowest BCUT2D eigenvalue weighted by molar-refractivity contribution is -0.137. The molecule has 0 saturated heterocycles. The van der Waals surface area contributed by atoms with Crippen molar-refractivity contribution in [2.45, 2.75) is 11.1 Å². The summed E-state index contributed by atoms with van der Waals surface area (Å²) in [5.41, 5.74) is -0.363. The molecule has 0 unspecified atom stereocenters. The number of likely N-dealkylation sites (N-methyl/N-ethyl adjacent to an activating group) is 1. The maximum Gasteiger partial charge on any atom is 0.416 e. The molecule has 12 heteroatoms. The summed E-state index contributed by atoms with van der Waals surface area (Å²) in [6, 6.07) is 8.75. The summed E-state index contributed by atoms with van der Waals surface area (Å²) in [5.74, 6) is -1.29. The third-order valence-corrected chi connectivity index (χ3v) is 6.70. The number of nitrogens with one attached hydrogen (secondary N) is 1. The van der Waals surface area contributed by atoms with Gasteiger partial charge in [0.2, 0.25) is 15.9 Å². The second-order valence-electron chi connectivity index (χ2n) is 6.38. The quantitative estimate of drug-likeness (QED) is 0.544. The van der Waals surface area contributed by atoms with E-state index in [0.717, 1.165) is 52.0 Å². The van der Waals surface area contributed by atoms with Crippen molar-refractivity contribution in [2.75, 3.05) is 18.9 Å². The molecule has 3 aromatic rings. The molecule has 0 aliphatic heterocycles. The van der Waals surface area contributed by atoms with Crippen molar-refractivity contribution in [2.24, 2.45) is 0 Å². The Morgan fingerprint density at radius 1 is 1.16 bits per heavy atom. The largest absolute Gasteiger partial charge is 0.416 e. The minimum atomic E-state index is -4.50. The summed E-state index contributed by atoms with van der Waals surface area (Å²) in [6.07, 6.45) is -4.50. The zero-order valence-corrected chi connectivity index (χ0v) is 17.5. The van der Waals surface area contributed by atoms with Gasteiger partial charge in [-0.15, -0.1) is 11.3 Å². The Morgan fingerprint density at radius 2 is 1.84 bits per heavy atom. The van der Waals surface area contributed by atoms with Gasteiger partial charge in [-0.1, -0.05) is 12.1 Å². The number of amides is 1. The van der Waals surface area contributed by atoms with Gasteiger partial charge in [-0.2, -0.15) is 17.5 Å². The van der Waals surface area contributed by atoms with E-state index in [0.29, 0.717) is 0 Å². The van der Waals surface area contributed by atoms with E-state index in [2.05, 4.69) is 10.3 Å². The fourth-order valence-electron chi connectivity index (χ4n) is 2.55. The number of carbonyl (C=O) groups excluding carboxylic acids is 1. The standard InChI is InChI=1S/C19H15F4N3O3S2/c1-26(31(28,29)15-7-5-14(20)6-8-15)10-17(27)25-18-24-16(11-30-18)12-3-2-4-13(9-12)19(21,22)23/h2-9,11H,10H2,1H3,(H,24,25,27). The first-order chi connectivity index (χ1) is 14.5. The van der Waals surface area contributed by atoms with Gasteiger partial charge in [0.15, 0.2) is 5.13 Å². The molecule has 0 spiro atoms. The fraction of sp³-hybridized carbons (Fsp3) is 0.158. The zero-order valence-electron chi connectivity index (χ0n) is 15.9. The van der Waals surface area contributed by atoms with Crippen molar-refractivity contribution < 1.29 is 30.8 Å². The Kier molecular flexibility index (Phi) is 6.43. The molecule has 2 aromatic carbocycles. The van der Waals surface area contributed by atoms with Crippen molar-refractivity contribution in [1.82, 2.24) is 9.29 Å². The molecule has 0 aliphatic rings. The van der Waals surface area contributed by atoms with Crippen LogP contribution in [0.5, 0.6) is 0 Å². The van der Waals surface area contributed by atoms with Crippen LogP contribution in [0.2, 0.25) is 0 Å². The minimum absolute atomic E-state index is 0.102. The average Bonchev–Trinajstić information content (AvgIpc) is 3.16. The number of alkyl halides is 3. The van der Waals surface area contributed by atoms with Crippen LogP contribution in [0.15, 0.2) is 58.8 Å². The minimum Gasteiger partial charge on any atom is -0.301 e. The number of anilines is 1. The van der Waals surface area contributed by atoms with Gasteiger partial charge in [-0.05, 0) is 36.4 Å². The second-order valence-corrected chi connectivity index (χ2v) is 9.28. The molecule has 1 amide bonds. The number of halogens is 4. The first kappa shape index (κ1) is 22.8. The summed E-state index contributed by atoms with van der Waals surface area (Å²) in [7, 11) is -2.83. The topological polar surface area (TPSA) is 79.4 Å². The second kappa shape index (κ2) is 8.73. The molecule has 1 N–H and O–H groups in total. The number of benzene rings is 2. The molecule has 164 valence electrons. The van der Waals surface area contributed by atoms with E-state index in [1.54, 1.807) is 0 Å². The molecule has 1 aromatic heterocycles. The van der Waals surface area contributed by atoms with E-state index in [4.69, 9.17) is 0 Å². The molecule has 0 saturated carbocycles. The SMILES string of the molecule is CN(CC(=O)Nc1nc(-c2cccc(C(F)(F)F)c2)cs1)S(=O)(=O)c1ccc(F)cc1. The Hall–Kier alpha value is -2.83. The van der Waals surface area contributed by atoms with Gasteiger partial charge in [-0.3, -0.25) is 4.79 Å². The van der Waals surface area contributed by atoms with Gasteiger partial charge >= 0.3 is 6.18 Å². The Morgan fingerprint density at radius 3 is 2.48 bits per heavy atom. The highest BCUT2D eigenvalue weighted by Gasteiger charge is 2.30. The van der Waals surface area contributed by atoms with E-state index in [-0.39, 0.29) is 21.3 Å². The molecule has 0 atom stereocenters. The number of sulfonamides is 1. The number of hydrogen-bond acceptors (Lipinski definition) is 5. The van der Waals surface area contributed by atoms with Crippen LogP contribution in [0.1, 0.15) is 5.56 Å². The van der Waals surface area contributed by atoms with Crippen LogP contribution in [0.4, 0.5) is 22.7 Å². The van der Waals surface area contributed by atoms with Crippen molar-refractivity contribution in [3.63, 3.8) is 0 Å². The summed E-state index contributed by atoms with van der Waals surface area (Å²) in [5, 5.41) is 4.00. The number of nitrogens with zero attached hydrogens (tertiary/aromatic N) is 2. The average molecular weight is 473 g/mol. The number of thiazole rings is 1. The summed E-state index contributed by atoms with van der Waals surface area (Å²) < 4.78 is 77.3. The first-order valence-electron chi connectivity index (χ1n) is 8.62. The molecule has 3 rings (SSSR count). The lowest BCUT2D eigenvalue weighted by Crippen LogP contribution is -2.34. The Bertz CT molecular complexity index is 1190. The highest BCUT2D eigenvalue weighted by molar-refractivity contribution is 7.89. The summed E-state index contributed by atoms with van der Waals surface area (Å²) in [6.45, 7) is -0.543. The lowest BCUT2D eigenvalue weighted by Gasteiger charge is -2.16. The van der Waals surface area contributed by atoms with Crippen LogP contribution in [0.25, 0.3) is 11.3 Å². The van der Waals surface area contributed by atoms with Crippen molar-refractivity contribution >= 4 is 32.4 Å². The van der Waals surface area contributed by atoms with Crippen molar-refractivity contribution in [1.29, 1.82) is 0 Å². The molecule has 0 aliphatic carbocycles. The maximum atomic E-state index is 13.0. The molecular weight excluding hydrogens is 458 g/mol. The molecule has 0 bridgehead atoms. The molecule has 0 radical (unpaired) electrons. The number of hydrogen-bond donors (Lipinski definition) is 1. The predicted molar refractivity (Wildman–Crippen MR) is 107 cm³/mol. The Labute approximate surface area is 179 Å². The van der Waals surface area contributed by atoms with Crippen LogP contribution in [-0.4, -0.2) is 37.2 Å². The molecule has 0 fully saturated rings. The predicted octanol–water partition coefficient (Wildman–Crippen LogP) is 4.23. The van der Waals surface area contributed by atoms with E-state index < -0.39 is 40.0 Å². The van der Waals surface area contributed by atoms with Crippen molar-refractivity contribution in [3.8, 4) is 11.3 Å². The normalized spacial score (nSPS) is 12.2. The number of rotatable bonds is 6. The molecular formula is C19H15F4N3O3S2. The van der Waals surface area contributed by atoms with Crippen LogP contribution < -0.4 is 5.32 Å². The van der Waals surface area contributed by atoms with Crippen LogP contribution >= 0.6 is 11.3 Å². The van der Waals surface area contributed by atoms with Crippen LogP contribution in [0, 0.1) is 5.82 Å². The van der Waals surface area contributed by atoms with Gasteiger partial charge in [0, 0.05) is 18.0 Å². The third kappa shape index (κ3) is 5.46. The van der Waals surface area contributed by atoms with E-state index >= 15 is 0 Å². The summed E-state index contributed by atoms with van der Waals surface area (Å²) >= 11 is 0.985. The van der Waals surface area contributed by atoms with E-state index in [9.17, 15) is 30.8 Å². The van der Waals surface area contributed by atoms with Crippen molar-refractivity contribution in [3.05, 3.63) is 65.3 Å². The smallest absolute Gasteiger partial charge is 0.301 e. The number of aromatic nitrogens is 1. The lowest BCUT2D eigenvalue weighted by atomic mass is 10.1. The van der Waals surface area contributed by atoms with Crippen LogP contribution in [-0.2, 0) is 21.0 Å². The highest BCUT2D eigenvalue weighted by Crippen LogP contribution is 2.33. The summed E-state index contributed by atoms with van der Waals surface area (Å²) in [4.78, 5) is 16.1. The maximum absolute atomic E-state index is 13.0. The molecule has 31 heavy (non-hydrogen) atoms. The van der Waals surface area contributed by atoms with Gasteiger partial charge in [0.25, 0.3) is 0 Å². The Balaban J connectivity index is 1.68. The zero-order chi connectivity index (χ0) is 22.8. The fourth-order valence-corrected chi connectivity index (χ4v) is 4.41. The highest BCUT2D eigenvalue weighted by atomic mass is 32.2. The van der Waals surface area contributed by atoms with Gasteiger partial charge in [-0.25, -0.2) is 17.8 Å². The first-order valence-corrected chi connectivity index (χ1v) is 10.9.